The van der Waals surface area contributed by atoms with Crippen LogP contribution in [-0.4, -0.2) is 22.2 Å². The molecule has 1 aromatic rings. The quantitative estimate of drug-likeness (QED) is 0.463. The monoisotopic (exact) mass is 173 g/mol. The highest BCUT2D eigenvalue weighted by Gasteiger charge is 2.18. The summed E-state index contributed by atoms with van der Waals surface area (Å²) in [5, 5.41) is 17.3. The summed E-state index contributed by atoms with van der Waals surface area (Å²) in [6, 6.07) is 1.37. The molecule has 1 aromatic heterocycles. The van der Waals surface area contributed by atoms with E-state index in [-0.39, 0.29) is 10.5 Å². The largest absolute Gasteiger partial charge is 0.495 e. The zero-order valence-corrected chi connectivity index (χ0v) is 6.17. The highest BCUT2D eigenvalue weighted by atomic mass is 35.5. The maximum Gasteiger partial charge on any atom is 0.495 e. The van der Waals surface area contributed by atoms with Crippen molar-refractivity contribution < 1.29 is 10.0 Å². The third-order valence-electron chi connectivity index (χ3n) is 1.20. The van der Waals surface area contributed by atoms with Crippen LogP contribution in [0.3, 0.4) is 0 Å². The summed E-state index contributed by atoms with van der Waals surface area (Å²) in [7, 11) is -1.83. The number of nitrogens with one attached hydrogen (secondary N) is 1. The van der Waals surface area contributed by atoms with Gasteiger partial charge in [-0.3, -0.25) is 4.79 Å². The van der Waals surface area contributed by atoms with Gasteiger partial charge in [-0.1, -0.05) is 11.6 Å². The SMILES string of the molecule is O=c1[nH]ccc(Cl)c1B(O)O. The van der Waals surface area contributed by atoms with Crippen LogP contribution in [0, 0.1) is 0 Å². The molecule has 0 aliphatic heterocycles. The van der Waals surface area contributed by atoms with Crippen LogP contribution in [0.5, 0.6) is 0 Å². The van der Waals surface area contributed by atoms with Gasteiger partial charge in [0.15, 0.2) is 0 Å². The fourth-order valence-corrected chi connectivity index (χ4v) is 0.953. The summed E-state index contributed by atoms with van der Waals surface area (Å²) in [6.07, 6.45) is 1.33. The van der Waals surface area contributed by atoms with Gasteiger partial charge in [0.05, 0.1) is 5.46 Å². The molecule has 1 rings (SSSR count). The van der Waals surface area contributed by atoms with E-state index in [4.69, 9.17) is 21.6 Å². The first-order valence-corrected chi connectivity index (χ1v) is 3.24. The Morgan fingerprint density at radius 3 is 2.55 bits per heavy atom. The summed E-state index contributed by atoms with van der Waals surface area (Å²) in [4.78, 5) is 13.1. The number of aromatic amines is 1. The lowest BCUT2D eigenvalue weighted by Crippen LogP contribution is -2.43. The van der Waals surface area contributed by atoms with Crippen molar-refractivity contribution in [1.29, 1.82) is 0 Å². The van der Waals surface area contributed by atoms with E-state index in [1.54, 1.807) is 0 Å². The van der Waals surface area contributed by atoms with E-state index in [0.717, 1.165) is 0 Å². The highest BCUT2D eigenvalue weighted by Crippen LogP contribution is 1.98. The molecule has 4 nitrogen and oxygen atoms in total. The van der Waals surface area contributed by atoms with Gasteiger partial charge >= 0.3 is 7.12 Å². The smallest absolute Gasteiger partial charge is 0.423 e. The van der Waals surface area contributed by atoms with Gasteiger partial charge < -0.3 is 15.0 Å². The fourth-order valence-electron chi connectivity index (χ4n) is 0.707. The number of halogens is 1. The summed E-state index contributed by atoms with van der Waals surface area (Å²) < 4.78 is 0. The Morgan fingerprint density at radius 1 is 1.55 bits per heavy atom. The standard InChI is InChI=1S/C5H5BClNO3/c7-3-1-2-8-5(9)4(3)6(10)11/h1-2,10-11H,(H,8,9). The Bertz CT molecular complexity index is 311. The van der Waals surface area contributed by atoms with Crippen LogP contribution < -0.4 is 11.0 Å². The molecule has 6 heteroatoms. The number of pyridine rings is 1. The molecule has 0 aliphatic rings. The van der Waals surface area contributed by atoms with Crippen LogP contribution in [0.4, 0.5) is 0 Å². The Labute approximate surface area is 67.6 Å². The molecule has 0 amide bonds. The number of hydrogen-bond acceptors (Lipinski definition) is 3. The second kappa shape index (κ2) is 3.08. The van der Waals surface area contributed by atoms with Crippen LogP contribution >= 0.6 is 11.6 Å². The zero-order chi connectivity index (χ0) is 8.43. The van der Waals surface area contributed by atoms with Crippen LogP contribution in [0.2, 0.25) is 5.02 Å². The molecule has 0 aliphatic carbocycles. The van der Waals surface area contributed by atoms with Gasteiger partial charge in [0.25, 0.3) is 0 Å². The topological polar surface area (TPSA) is 73.3 Å². The number of hydrogen-bond donors (Lipinski definition) is 3. The average Bonchev–Trinajstić information content (AvgIpc) is 1.85. The second-order valence-electron chi connectivity index (χ2n) is 1.94. The molecule has 0 aromatic carbocycles. The molecule has 0 unspecified atom stereocenters. The molecule has 58 valence electrons. The van der Waals surface area contributed by atoms with Gasteiger partial charge in [-0.25, -0.2) is 0 Å². The van der Waals surface area contributed by atoms with E-state index >= 15 is 0 Å². The summed E-state index contributed by atoms with van der Waals surface area (Å²) >= 11 is 5.48. The average molecular weight is 173 g/mol. The maximum absolute atomic E-state index is 10.8. The highest BCUT2D eigenvalue weighted by molar-refractivity contribution is 6.62. The van der Waals surface area contributed by atoms with Gasteiger partial charge in [0.2, 0.25) is 5.56 Å². The van der Waals surface area contributed by atoms with Crippen molar-refractivity contribution in [2.75, 3.05) is 0 Å². The second-order valence-corrected chi connectivity index (χ2v) is 2.35. The van der Waals surface area contributed by atoms with Gasteiger partial charge in [0, 0.05) is 11.2 Å². The van der Waals surface area contributed by atoms with Crippen molar-refractivity contribution in [3.05, 3.63) is 27.6 Å². The normalized spacial score (nSPS) is 9.73. The molecule has 11 heavy (non-hydrogen) atoms. The molecule has 0 bridgehead atoms. The van der Waals surface area contributed by atoms with Crippen molar-refractivity contribution >= 4 is 24.2 Å². The first-order chi connectivity index (χ1) is 5.13. The van der Waals surface area contributed by atoms with Crippen LogP contribution in [0.25, 0.3) is 0 Å². The predicted octanol–water partition coefficient (Wildman–Crippen LogP) is -1.29. The van der Waals surface area contributed by atoms with Gasteiger partial charge in [-0.15, -0.1) is 0 Å². The molecule has 0 fully saturated rings. The third kappa shape index (κ3) is 1.62. The first kappa shape index (κ1) is 8.32. The minimum absolute atomic E-state index is 0.0451. The van der Waals surface area contributed by atoms with Crippen molar-refractivity contribution in [3.8, 4) is 0 Å². The van der Waals surface area contributed by atoms with E-state index in [1.807, 2.05) is 0 Å². The molecule has 0 spiro atoms. The Kier molecular flexibility index (Phi) is 2.33. The summed E-state index contributed by atoms with van der Waals surface area (Å²) in [5.41, 5.74) is -0.818. The number of aromatic nitrogens is 1. The van der Waals surface area contributed by atoms with Gasteiger partial charge in [0.1, 0.15) is 0 Å². The number of rotatable bonds is 1. The van der Waals surface area contributed by atoms with Crippen molar-refractivity contribution in [1.82, 2.24) is 4.98 Å². The lowest BCUT2D eigenvalue weighted by atomic mass is 9.81. The van der Waals surface area contributed by atoms with Crippen molar-refractivity contribution in [2.45, 2.75) is 0 Å². The van der Waals surface area contributed by atoms with Crippen LogP contribution in [0.1, 0.15) is 0 Å². The molecule has 3 N–H and O–H groups in total. The molecule has 0 saturated heterocycles. The van der Waals surface area contributed by atoms with E-state index in [2.05, 4.69) is 4.98 Å². The van der Waals surface area contributed by atoms with E-state index in [0.29, 0.717) is 0 Å². The Hall–Kier alpha value is -0.775. The fraction of sp³-hybridized carbons (Fsp3) is 0. The molecular weight excluding hydrogens is 168 g/mol. The summed E-state index contributed by atoms with van der Waals surface area (Å²) in [6.45, 7) is 0. The van der Waals surface area contributed by atoms with E-state index in [9.17, 15) is 4.79 Å². The lowest BCUT2D eigenvalue weighted by Gasteiger charge is -1.98. The van der Waals surface area contributed by atoms with E-state index in [1.165, 1.54) is 12.3 Å². The first-order valence-electron chi connectivity index (χ1n) is 2.86. The molecule has 0 radical (unpaired) electrons. The van der Waals surface area contributed by atoms with Crippen LogP contribution in [-0.2, 0) is 0 Å². The molecule has 0 saturated carbocycles. The Balaban J connectivity index is 3.33. The number of H-pyrrole nitrogens is 1. The maximum atomic E-state index is 10.8. The van der Waals surface area contributed by atoms with Gasteiger partial charge in [-0.2, -0.15) is 0 Å². The minimum atomic E-state index is -1.83. The summed E-state index contributed by atoms with van der Waals surface area (Å²) in [5.74, 6) is 0. The molecule has 1 heterocycles. The van der Waals surface area contributed by atoms with Crippen molar-refractivity contribution in [2.24, 2.45) is 0 Å². The van der Waals surface area contributed by atoms with Crippen molar-refractivity contribution in [3.63, 3.8) is 0 Å². The Morgan fingerprint density at radius 2 is 2.18 bits per heavy atom. The molecular formula is C5H5BClNO3. The predicted molar refractivity (Wildman–Crippen MR) is 41.9 cm³/mol. The van der Waals surface area contributed by atoms with Crippen LogP contribution in [0.15, 0.2) is 17.1 Å². The van der Waals surface area contributed by atoms with E-state index < -0.39 is 12.7 Å². The molecule has 0 atom stereocenters. The minimum Gasteiger partial charge on any atom is -0.423 e. The zero-order valence-electron chi connectivity index (χ0n) is 5.41. The third-order valence-corrected chi connectivity index (χ3v) is 1.53. The van der Waals surface area contributed by atoms with Gasteiger partial charge in [-0.05, 0) is 6.07 Å². The lowest BCUT2D eigenvalue weighted by molar-refractivity contribution is 0.425.